The number of anilines is 1. The molecule has 0 saturated carbocycles. The Labute approximate surface area is 144 Å². The average molecular weight is 341 g/mol. The number of rotatable bonds is 6. The van der Waals surface area contributed by atoms with Crippen LogP contribution in [0.2, 0.25) is 0 Å². The Morgan fingerprint density at radius 3 is 2.54 bits per heavy atom. The minimum absolute atomic E-state index is 0.0658. The molecule has 0 aliphatic rings. The van der Waals surface area contributed by atoms with Crippen molar-refractivity contribution in [1.29, 1.82) is 0 Å². The van der Waals surface area contributed by atoms with Crippen molar-refractivity contribution in [3.05, 3.63) is 60.2 Å². The lowest BCUT2D eigenvalue weighted by atomic mass is 10.1. The van der Waals surface area contributed by atoms with Crippen LogP contribution < -0.4 is 5.32 Å². The van der Waals surface area contributed by atoms with E-state index >= 15 is 0 Å². The van der Waals surface area contributed by atoms with E-state index in [0.29, 0.717) is 5.16 Å². The molecule has 24 heavy (non-hydrogen) atoms. The Kier molecular flexibility index (Phi) is 5.00. The van der Waals surface area contributed by atoms with E-state index in [1.165, 1.54) is 17.3 Å². The zero-order valence-electron chi connectivity index (χ0n) is 13.6. The van der Waals surface area contributed by atoms with Gasteiger partial charge < -0.3 is 5.32 Å². The first-order chi connectivity index (χ1) is 11.7. The quantitative estimate of drug-likeness (QED) is 0.700. The number of aryl methyl sites for hydroxylation is 2. The fourth-order valence-corrected chi connectivity index (χ4v) is 3.08. The fourth-order valence-electron chi connectivity index (χ4n) is 2.30. The lowest BCUT2D eigenvalue weighted by Crippen LogP contribution is -2.15. The Morgan fingerprint density at radius 2 is 1.88 bits per heavy atom. The summed E-state index contributed by atoms with van der Waals surface area (Å²) in [6, 6.07) is 11.8. The topological polar surface area (TPSA) is 64.7 Å². The number of benzene rings is 1. The van der Waals surface area contributed by atoms with E-state index < -0.39 is 0 Å². The SMILES string of the molecule is CCc1ccc(NC(=O)CSc2nnc(C)n2-n2cccc2)cc1. The van der Waals surface area contributed by atoms with Gasteiger partial charge in [0.15, 0.2) is 5.82 Å². The molecule has 0 radical (unpaired) electrons. The highest BCUT2D eigenvalue weighted by Gasteiger charge is 2.13. The van der Waals surface area contributed by atoms with Crippen LogP contribution in [0.25, 0.3) is 0 Å². The van der Waals surface area contributed by atoms with Crippen molar-refractivity contribution in [2.75, 3.05) is 11.1 Å². The maximum Gasteiger partial charge on any atom is 0.234 e. The van der Waals surface area contributed by atoms with Gasteiger partial charge in [0.1, 0.15) is 0 Å². The molecule has 0 spiro atoms. The minimum atomic E-state index is -0.0658. The summed E-state index contributed by atoms with van der Waals surface area (Å²) in [7, 11) is 0. The van der Waals surface area contributed by atoms with Gasteiger partial charge in [-0.05, 0) is 43.2 Å². The maximum absolute atomic E-state index is 12.1. The summed E-state index contributed by atoms with van der Waals surface area (Å²) in [5.74, 6) is 0.975. The molecular formula is C17H19N5OS. The number of carbonyl (C=O) groups is 1. The second-order valence-electron chi connectivity index (χ2n) is 5.29. The molecule has 3 aromatic rings. The Morgan fingerprint density at radius 1 is 1.17 bits per heavy atom. The first-order valence-corrected chi connectivity index (χ1v) is 8.73. The van der Waals surface area contributed by atoms with Crippen LogP contribution in [-0.4, -0.2) is 31.2 Å². The highest BCUT2D eigenvalue weighted by atomic mass is 32.2. The van der Waals surface area contributed by atoms with Crippen LogP contribution in [-0.2, 0) is 11.2 Å². The van der Waals surface area contributed by atoms with Gasteiger partial charge in [-0.3, -0.25) is 9.47 Å². The summed E-state index contributed by atoms with van der Waals surface area (Å²) >= 11 is 1.36. The van der Waals surface area contributed by atoms with Gasteiger partial charge in [0.25, 0.3) is 0 Å². The molecule has 0 saturated heterocycles. The van der Waals surface area contributed by atoms with Crippen molar-refractivity contribution in [2.24, 2.45) is 0 Å². The average Bonchev–Trinajstić information content (AvgIpc) is 3.23. The molecular weight excluding hydrogens is 322 g/mol. The van der Waals surface area contributed by atoms with Crippen LogP contribution in [0.4, 0.5) is 5.69 Å². The molecule has 0 atom stereocenters. The van der Waals surface area contributed by atoms with Crippen LogP contribution in [0.15, 0.2) is 53.9 Å². The van der Waals surface area contributed by atoms with Crippen LogP contribution in [0, 0.1) is 6.92 Å². The first-order valence-electron chi connectivity index (χ1n) is 7.74. The number of hydrogen-bond donors (Lipinski definition) is 1. The predicted molar refractivity (Wildman–Crippen MR) is 95.2 cm³/mol. The van der Waals surface area contributed by atoms with E-state index in [1.807, 2.05) is 65.1 Å². The highest BCUT2D eigenvalue weighted by molar-refractivity contribution is 7.99. The van der Waals surface area contributed by atoms with Crippen LogP contribution in [0.3, 0.4) is 0 Å². The molecule has 1 N–H and O–H groups in total. The second kappa shape index (κ2) is 7.35. The summed E-state index contributed by atoms with van der Waals surface area (Å²) < 4.78 is 3.76. The molecule has 124 valence electrons. The highest BCUT2D eigenvalue weighted by Crippen LogP contribution is 2.18. The molecule has 0 bridgehead atoms. The number of hydrogen-bond acceptors (Lipinski definition) is 4. The Balaban J connectivity index is 1.62. The number of nitrogens with zero attached hydrogens (tertiary/aromatic N) is 4. The zero-order chi connectivity index (χ0) is 16.9. The van der Waals surface area contributed by atoms with E-state index in [0.717, 1.165) is 17.9 Å². The van der Waals surface area contributed by atoms with Crippen molar-refractivity contribution in [3.8, 4) is 0 Å². The van der Waals surface area contributed by atoms with Crippen molar-refractivity contribution >= 4 is 23.4 Å². The summed E-state index contributed by atoms with van der Waals surface area (Å²) in [6.45, 7) is 3.99. The number of amides is 1. The zero-order valence-corrected chi connectivity index (χ0v) is 14.5. The van der Waals surface area contributed by atoms with Gasteiger partial charge >= 0.3 is 0 Å². The number of carbonyl (C=O) groups excluding carboxylic acids is 1. The summed E-state index contributed by atoms with van der Waals surface area (Å²) in [6.07, 6.45) is 4.81. The van der Waals surface area contributed by atoms with Gasteiger partial charge in [-0.2, -0.15) is 0 Å². The normalized spacial score (nSPS) is 10.8. The molecule has 0 unspecified atom stereocenters. The Bertz CT molecular complexity index is 808. The molecule has 2 heterocycles. The predicted octanol–water partition coefficient (Wildman–Crippen LogP) is 2.99. The molecule has 0 aliphatic carbocycles. The summed E-state index contributed by atoms with van der Waals surface area (Å²) in [5, 5.41) is 11.8. The summed E-state index contributed by atoms with van der Waals surface area (Å²) in [4.78, 5) is 12.1. The molecule has 0 fully saturated rings. The van der Waals surface area contributed by atoms with Gasteiger partial charge in [0.05, 0.1) is 5.75 Å². The second-order valence-corrected chi connectivity index (χ2v) is 6.23. The summed E-state index contributed by atoms with van der Waals surface area (Å²) in [5.41, 5.74) is 2.05. The lowest BCUT2D eigenvalue weighted by molar-refractivity contribution is -0.113. The lowest BCUT2D eigenvalue weighted by Gasteiger charge is -2.09. The van der Waals surface area contributed by atoms with Gasteiger partial charge in [-0.25, -0.2) is 4.68 Å². The van der Waals surface area contributed by atoms with E-state index in [-0.39, 0.29) is 11.7 Å². The fraction of sp³-hybridized carbons (Fsp3) is 0.235. The van der Waals surface area contributed by atoms with Crippen molar-refractivity contribution in [2.45, 2.75) is 25.4 Å². The van der Waals surface area contributed by atoms with Gasteiger partial charge in [0.2, 0.25) is 11.1 Å². The number of thioether (sulfide) groups is 1. The van der Waals surface area contributed by atoms with Gasteiger partial charge in [-0.1, -0.05) is 30.8 Å². The van der Waals surface area contributed by atoms with Gasteiger partial charge in [0, 0.05) is 18.1 Å². The third kappa shape index (κ3) is 3.68. The molecule has 2 aromatic heterocycles. The van der Waals surface area contributed by atoms with Crippen molar-refractivity contribution < 1.29 is 4.79 Å². The van der Waals surface area contributed by atoms with Crippen molar-refractivity contribution in [3.63, 3.8) is 0 Å². The van der Waals surface area contributed by atoms with E-state index in [9.17, 15) is 4.79 Å². The Hall–Kier alpha value is -2.54. The van der Waals surface area contributed by atoms with Gasteiger partial charge in [-0.15, -0.1) is 10.2 Å². The van der Waals surface area contributed by atoms with Crippen molar-refractivity contribution in [1.82, 2.24) is 19.5 Å². The molecule has 0 aliphatic heterocycles. The molecule has 6 nitrogen and oxygen atoms in total. The van der Waals surface area contributed by atoms with E-state index in [4.69, 9.17) is 0 Å². The van der Waals surface area contributed by atoms with E-state index in [1.54, 1.807) is 0 Å². The van der Waals surface area contributed by atoms with E-state index in [2.05, 4.69) is 22.4 Å². The van der Waals surface area contributed by atoms with Crippen LogP contribution >= 0.6 is 11.8 Å². The number of aromatic nitrogens is 4. The standard InChI is InChI=1S/C17H19N5OS/c1-3-14-6-8-15(9-7-14)18-16(23)12-24-17-20-19-13(2)22(17)21-10-4-5-11-21/h4-11H,3,12H2,1-2H3,(H,18,23). The monoisotopic (exact) mass is 341 g/mol. The molecule has 3 rings (SSSR count). The molecule has 1 amide bonds. The maximum atomic E-state index is 12.1. The minimum Gasteiger partial charge on any atom is -0.325 e. The third-order valence-electron chi connectivity index (χ3n) is 3.57. The number of nitrogens with one attached hydrogen (secondary N) is 1. The third-order valence-corrected chi connectivity index (χ3v) is 4.49. The van der Waals surface area contributed by atoms with Crippen LogP contribution in [0.5, 0.6) is 0 Å². The molecule has 7 heteroatoms. The smallest absolute Gasteiger partial charge is 0.234 e. The first kappa shape index (κ1) is 16.3. The van der Waals surface area contributed by atoms with Crippen LogP contribution in [0.1, 0.15) is 18.3 Å². The molecule has 1 aromatic carbocycles. The largest absolute Gasteiger partial charge is 0.325 e.